The molecule has 3 rings (SSSR count). The Hall–Kier alpha value is -2.58. The Kier molecular flexibility index (Phi) is 4.88. The number of imide groups is 1. The minimum Gasteiger partial charge on any atom is -0.352 e. The second-order valence-electron chi connectivity index (χ2n) is 7.07. The van der Waals surface area contributed by atoms with Crippen LogP contribution in [0.4, 0.5) is 18.0 Å². The molecule has 0 bridgehead atoms. The van der Waals surface area contributed by atoms with Gasteiger partial charge in [-0.3, -0.25) is 14.5 Å². The topological polar surface area (TPSA) is 78.5 Å². The number of urea groups is 1. The summed E-state index contributed by atoms with van der Waals surface area (Å²) in [5.74, 6) is -1.22. The molecule has 0 spiro atoms. The average molecular weight is 383 g/mol. The number of carbonyl (C=O) groups is 3. The summed E-state index contributed by atoms with van der Waals surface area (Å²) < 4.78 is 38.9. The number of rotatable bonds is 4. The molecule has 4 amide bonds. The summed E-state index contributed by atoms with van der Waals surface area (Å²) in [7, 11) is 0. The lowest BCUT2D eigenvalue weighted by Crippen LogP contribution is -2.45. The highest BCUT2D eigenvalue weighted by Crippen LogP contribution is 2.34. The molecule has 1 aliphatic heterocycles. The molecule has 1 aromatic carbocycles. The van der Waals surface area contributed by atoms with Crippen molar-refractivity contribution in [3.05, 3.63) is 35.4 Å². The number of hydrogen-bond donors (Lipinski definition) is 2. The lowest BCUT2D eigenvalue weighted by atomic mass is 9.90. The smallest absolute Gasteiger partial charge is 0.352 e. The van der Waals surface area contributed by atoms with Crippen LogP contribution in [-0.2, 0) is 21.3 Å². The molecule has 2 aliphatic rings. The Morgan fingerprint density at radius 2 is 1.96 bits per heavy atom. The molecule has 1 atom stereocenters. The zero-order valence-electron chi connectivity index (χ0n) is 14.7. The van der Waals surface area contributed by atoms with E-state index in [1.165, 1.54) is 19.1 Å². The highest BCUT2D eigenvalue weighted by molar-refractivity contribution is 6.09. The molecule has 0 unspecified atom stereocenters. The van der Waals surface area contributed by atoms with Gasteiger partial charge in [-0.2, -0.15) is 13.2 Å². The molecule has 1 saturated carbocycles. The Bertz CT molecular complexity index is 775. The molecule has 2 N–H and O–H groups in total. The number of halogens is 3. The van der Waals surface area contributed by atoms with Crippen LogP contribution in [0, 0.1) is 0 Å². The van der Waals surface area contributed by atoms with E-state index in [1.807, 2.05) is 0 Å². The van der Waals surface area contributed by atoms with Gasteiger partial charge < -0.3 is 10.6 Å². The summed E-state index contributed by atoms with van der Waals surface area (Å²) in [4.78, 5) is 37.9. The van der Waals surface area contributed by atoms with E-state index < -0.39 is 41.7 Å². The van der Waals surface area contributed by atoms with E-state index in [1.54, 1.807) is 0 Å². The second kappa shape index (κ2) is 6.86. The lowest BCUT2D eigenvalue weighted by Gasteiger charge is -2.23. The fourth-order valence-electron chi connectivity index (χ4n) is 3.53. The van der Waals surface area contributed by atoms with Crippen molar-refractivity contribution in [2.45, 2.75) is 50.4 Å². The van der Waals surface area contributed by atoms with E-state index >= 15 is 0 Å². The van der Waals surface area contributed by atoms with Crippen LogP contribution in [0.25, 0.3) is 0 Å². The third kappa shape index (κ3) is 3.77. The first-order valence-electron chi connectivity index (χ1n) is 8.72. The number of nitrogens with zero attached hydrogens (tertiary/aromatic N) is 1. The van der Waals surface area contributed by atoms with Crippen molar-refractivity contribution >= 4 is 17.8 Å². The van der Waals surface area contributed by atoms with Crippen LogP contribution in [0.5, 0.6) is 0 Å². The second-order valence-corrected chi connectivity index (χ2v) is 7.07. The van der Waals surface area contributed by atoms with E-state index in [-0.39, 0.29) is 11.6 Å². The molecular weight excluding hydrogens is 363 g/mol. The third-order valence-corrected chi connectivity index (χ3v) is 5.06. The van der Waals surface area contributed by atoms with Gasteiger partial charge in [-0.05, 0) is 37.5 Å². The Labute approximate surface area is 154 Å². The van der Waals surface area contributed by atoms with Crippen molar-refractivity contribution in [3.63, 3.8) is 0 Å². The van der Waals surface area contributed by atoms with Gasteiger partial charge in [0.2, 0.25) is 5.91 Å². The van der Waals surface area contributed by atoms with Gasteiger partial charge in [-0.1, -0.05) is 25.0 Å². The van der Waals surface area contributed by atoms with Crippen molar-refractivity contribution in [1.29, 1.82) is 0 Å². The first-order valence-corrected chi connectivity index (χ1v) is 8.72. The molecule has 1 aliphatic carbocycles. The van der Waals surface area contributed by atoms with Gasteiger partial charge in [-0.15, -0.1) is 0 Å². The molecule has 0 aromatic heterocycles. The fourth-order valence-corrected chi connectivity index (χ4v) is 3.53. The van der Waals surface area contributed by atoms with Crippen molar-refractivity contribution in [1.82, 2.24) is 15.5 Å². The van der Waals surface area contributed by atoms with E-state index in [9.17, 15) is 27.6 Å². The molecule has 6 nitrogen and oxygen atoms in total. The maximum atomic E-state index is 13.0. The van der Waals surface area contributed by atoms with Gasteiger partial charge in [0, 0.05) is 6.04 Å². The van der Waals surface area contributed by atoms with Crippen molar-refractivity contribution in [2.24, 2.45) is 0 Å². The normalized spacial score (nSPS) is 23.6. The number of benzene rings is 1. The Morgan fingerprint density at radius 3 is 2.59 bits per heavy atom. The van der Waals surface area contributed by atoms with E-state index in [4.69, 9.17) is 0 Å². The Morgan fingerprint density at radius 1 is 1.30 bits per heavy atom. The van der Waals surface area contributed by atoms with Crippen molar-refractivity contribution in [2.75, 3.05) is 6.54 Å². The van der Waals surface area contributed by atoms with E-state index in [2.05, 4.69) is 10.6 Å². The molecule has 1 heterocycles. The van der Waals surface area contributed by atoms with E-state index in [0.29, 0.717) is 0 Å². The molecule has 146 valence electrons. The standard InChI is InChI=1S/C18H20F3N3O3/c1-17(11-5-4-6-12(9-11)18(19,20)21)15(26)24(16(27)23-17)10-14(25)22-13-7-2-3-8-13/h4-6,9,13H,2-3,7-8,10H2,1H3,(H,22,25)(H,23,27)/t17-/m1/s1. The van der Waals surface area contributed by atoms with Gasteiger partial charge in [0.15, 0.2) is 0 Å². The minimum absolute atomic E-state index is 0.00868. The van der Waals surface area contributed by atoms with Gasteiger partial charge in [0.1, 0.15) is 12.1 Å². The number of alkyl halides is 3. The van der Waals surface area contributed by atoms with Crippen molar-refractivity contribution < 1.29 is 27.6 Å². The molecule has 2 fully saturated rings. The number of nitrogens with one attached hydrogen (secondary N) is 2. The maximum Gasteiger partial charge on any atom is 0.416 e. The summed E-state index contributed by atoms with van der Waals surface area (Å²) in [6.45, 7) is 0.868. The molecule has 9 heteroatoms. The average Bonchev–Trinajstić information content (AvgIpc) is 3.17. The van der Waals surface area contributed by atoms with Gasteiger partial charge in [0.05, 0.1) is 5.56 Å². The highest BCUT2D eigenvalue weighted by atomic mass is 19.4. The summed E-state index contributed by atoms with van der Waals surface area (Å²) in [6.07, 6.45) is -0.829. The van der Waals surface area contributed by atoms with Gasteiger partial charge >= 0.3 is 12.2 Å². The largest absolute Gasteiger partial charge is 0.416 e. The summed E-state index contributed by atoms with van der Waals surface area (Å²) in [6, 6.07) is 3.48. The van der Waals surface area contributed by atoms with Gasteiger partial charge in [0.25, 0.3) is 5.91 Å². The lowest BCUT2D eigenvalue weighted by molar-refractivity contribution is -0.138. The fraction of sp³-hybridized carbons (Fsp3) is 0.500. The summed E-state index contributed by atoms with van der Waals surface area (Å²) in [5, 5.41) is 5.20. The predicted molar refractivity (Wildman–Crippen MR) is 89.4 cm³/mol. The van der Waals surface area contributed by atoms with Crippen LogP contribution in [0.2, 0.25) is 0 Å². The van der Waals surface area contributed by atoms with Crippen LogP contribution >= 0.6 is 0 Å². The molecular formula is C18H20F3N3O3. The van der Waals surface area contributed by atoms with Crippen LogP contribution in [0.1, 0.15) is 43.7 Å². The monoisotopic (exact) mass is 383 g/mol. The number of carbonyl (C=O) groups excluding carboxylic acids is 3. The first-order chi connectivity index (χ1) is 12.6. The molecule has 27 heavy (non-hydrogen) atoms. The highest BCUT2D eigenvalue weighted by Gasteiger charge is 2.50. The van der Waals surface area contributed by atoms with Gasteiger partial charge in [-0.25, -0.2) is 4.79 Å². The zero-order valence-corrected chi connectivity index (χ0v) is 14.7. The maximum absolute atomic E-state index is 13.0. The number of amides is 4. The van der Waals surface area contributed by atoms with Crippen molar-refractivity contribution in [3.8, 4) is 0 Å². The molecule has 1 aromatic rings. The molecule has 0 radical (unpaired) electrons. The van der Waals surface area contributed by atoms with Crippen LogP contribution in [0.15, 0.2) is 24.3 Å². The summed E-state index contributed by atoms with van der Waals surface area (Å²) in [5.41, 5.74) is -2.57. The quantitative estimate of drug-likeness (QED) is 0.785. The number of hydrogen-bond acceptors (Lipinski definition) is 3. The minimum atomic E-state index is -4.57. The van der Waals surface area contributed by atoms with Crippen LogP contribution in [-0.4, -0.2) is 35.3 Å². The first kappa shape index (κ1) is 19.2. The van der Waals surface area contributed by atoms with E-state index in [0.717, 1.165) is 42.7 Å². The van der Waals surface area contributed by atoms with Crippen LogP contribution < -0.4 is 10.6 Å². The third-order valence-electron chi connectivity index (χ3n) is 5.06. The van der Waals surface area contributed by atoms with Crippen LogP contribution in [0.3, 0.4) is 0 Å². The molecule has 1 saturated heterocycles. The zero-order chi connectivity index (χ0) is 19.8. The predicted octanol–water partition coefficient (Wildman–Crippen LogP) is 2.53. The SMILES string of the molecule is C[C@]1(c2cccc(C(F)(F)F)c2)NC(=O)N(CC(=O)NC2CCCC2)C1=O. The Balaban J connectivity index is 1.77. The summed E-state index contributed by atoms with van der Waals surface area (Å²) >= 11 is 0.